The summed E-state index contributed by atoms with van der Waals surface area (Å²) in [7, 11) is 0. The van der Waals surface area contributed by atoms with Gasteiger partial charge in [-0.25, -0.2) is 4.39 Å². The molecule has 0 radical (unpaired) electrons. The molecule has 0 saturated carbocycles. The van der Waals surface area contributed by atoms with Gasteiger partial charge in [0.1, 0.15) is 11.6 Å². The van der Waals surface area contributed by atoms with Crippen molar-refractivity contribution in [1.82, 2.24) is 10.2 Å². The fourth-order valence-electron chi connectivity index (χ4n) is 4.79. The molecule has 6 nitrogen and oxygen atoms in total. The highest BCUT2D eigenvalue weighted by atomic mass is 19.1. The molecule has 0 fully saturated rings. The molecule has 1 aromatic heterocycles. The minimum absolute atomic E-state index is 0.0870. The van der Waals surface area contributed by atoms with E-state index in [-0.39, 0.29) is 28.7 Å². The lowest BCUT2D eigenvalue weighted by atomic mass is 9.73. The van der Waals surface area contributed by atoms with Crippen LogP contribution >= 0.6 is 0 Å². The number of hydrogen-bond donors (Lipinski definition) is 2. The molecule has 0 amide bonds. The predicted octanol–water partition coefficient (Wildman–Crippen LogP) is 4.77. The molecule has 7 heteroatoms. The lowest BCUT2D eigenvalue weighted by molar-refractivity contribution is -0.117. The van der Waals surface area contributed by atoms with Crippen LogP contribution in [-0.2, 0) is 4.79 Å². The van der Waals surface area contributed by atoms with Gasteiger partial charge < -0.3 is 5.73 Å². The zero-order valence-corrected chi connectivity index (χ0v) is 18.0. The average molecular weight is 439 g/mol. The van der Waals surface area contributed by atoms with Gasteiger partial charge in [-0.05, 0) is 24.0 Å². The lowest BCUT2D eigenvalue weighted by Crippen LogP contribution is -2.40. The number of aromatic amines is 1. The number of allylic oxidation sites excluding steroid dienone is 3. The van der Waals surface area contributed by atoms with E-state index in [0.29, 0.717) is 29.9 Å². The minimum atomic E-state index is -0.838. The molecule has 2 aromatic carbocycles. The number of halogens is 1. The van der Waals surface area contributed by atoms with Crippen LogP contribution in [0.15, 0.2) is 83.3 Å². The molecule has 2 aliphatic rings. The zero-order valence-electron chi connectivity index (χ0n) is 18.0. The Morgan fingerprint density at radius 2 is 1.88 bits per heavy atom. The van der Waals surface area contributed by atoms with Gasteiger partial charge in [0.25, 0.3) is 0 Å². The van der Waals surface area contributed by atoms with Crippen molar-refractivity contribution in [2.45, 2.75) is 25.7 Å². The molecule has 2 heterocycles. The molecular weight excluding hydrogens is 417 g/mol. The topological polar surface area (TPSA) is 98.8 Å². The number of anilines is 1. The monoisotopic (exact) mass is 439 g/mol. The van der Waals surface area contributed by atoms with Gasteiger partial charge in [0.15, 0.2) is 11.6 Å². The van der Waals surface area contributed by atoms with E-state index in [2.05, 4.69) is 16.3 Å². The average Bonchev–Trinajstić information content (AvgIpc) is 3.29. The van der Waals surface area contributed by atoms with E-state index in [0.717, 1.165) is 11.3 Å². The summed E-state index contributed by atoms with van der Waals surface area (Å²) in [5, 5.41) is 17.5. The maximum atomic E-state index is 14.8. The molecule has 3 aromatic rings. The van der Waals surface area contributed by atoms with E-state index in [9.17, 15) is 14.4 Å². The van der Waals surface area contributed by atoms with Crippen LogP contribution in [0.4, 0.5) is 10.2 Å². The van der Waals surface area contributed by atoms with Gasteiger partial charge in [-0.2, -0.15) is 10.4 Å². The van der Waals surface area contributed by atoms with Gasteiger partial charge >= 0.3 is 0 Å². The van der Waals surface area contributed by atoms with Gasteiger partial charge in [0.2, 0.25) is 0 Å². The normalized spacial score (nSPS) is 20.6. The smallest absolute Gasteiger partial charge is 0.161 e. The van der Waals surface area contributed by atoms with Crippen LogP contribution in [0.1, 0.15) is 31.2 Å². The second kappa shape index (κ2) is 8.06. The fraction of sp³-hybridized carbons (Fsp3) is 0.192. The van der Waals surface area contributed by atoms with Crippen molar-refractivity contribution < 1.29 is 9.18 Å². The summed E-state index contributed by atoms with van der Waals surface area (Å²) in [6.45, 7) is 2.00. The molecule has 1 aliphatic carbocycles. The fourth-order valence-corrected chi connectivity index (χ4v) is 4.79. The van der Waals surface area contributed by atoms with Gasteiger partial charge in [0.05, 0.1) is 23.3 Å². The summed E-state index contributed by atoms with van der Waals surface area (Å²) < 4.78 is 14.8. The Hall–Kier alpha value is -4.18. The third kappa shape index (κ3) is 3.40. The van der Waals surface area contributed by atoms with Crippen molar-refractivity contribution in [1.29, 1.82) is 5.26 Å². The van der Waals surface area contributed by atoms with Crippen molar-refractivity contribution in [2.75, 3.05) is 4.90 Å². The lowest BCUT2D eigenvalue weighted by Gasteiger charge is -2.40. The quantitative estimate of drug-likeness (QED) is 0.613. The minimum Gasteiger partial charge on any atom is -0.384 e. The molecule has 5 rings (SSSR count). The van der Waals surface area contributed by atoms with Crippen LogP contribution in [0.3, 0.4) is 0 Å². The van der Waals surface area contributed by atoms with E-state index in [1.807, 2.05) is 43.3 Å². The number of hydrogen-bond acceptors (Lipinski definition) is 5. The molecule has 1 aliphatic heterocycles. The summed E-state index contributed by atoms with van der Waals surface area (Å²) in [4.78, 5) is 15.0. The summed E-state index contributed by atoms with van der Waals surface area (Å²) in [6, 6.07) is 19.9. The first-order valence-corrected chi connectivity index (χ1v) is 10.8. The van der Waals surface area contributed by atoms with Crippen molar-refractivity contribution >= 4 is 11.6 Å². The molecule has 2 atom stereocenters. The number of nitrogens with zero attached hydrogens (tertiary/aromatic N) is 3. The Labute approximate surface area is 190 Å². The Kier molecular flexibility index (Phi) is 5.06. The Morgan fingerprint density at radius 3 is 2.61 bits per heavy atom. The number of nitrogens with one attached hydrogen (secondary N) is 1. The number of ketones is 1. The molecule has 3 N–H and O–H groups in total. The molecule has 0 spiro atoms. The van der Waals surface area contributed by atoms with Crippen LogP contribution in [0.2, 0.25) is 0 Å². The van der Waals surface area contributed by atoms with Gasteiger partial charge in [-0.1, -0.05) is 55.5 Å². The summed E-state index contributed by atoms with van der Waals surface area (Å²) in [5.74, 6) is -0.668. The van der Waals surface area contributed by atoms with E-state index in [1.165, 1.54) is 6.07 Å². The molecule has 164 valence electrons. The van der Waals surface area contributed by atoms with Crippen LogP contribution in [0.5, 0.6) is 0 Å². The van der Waals surface area contributed by atoms with E-state index < -0.39 is 11.7 Å². The second-order valence-corrected chi connectivity index (χ2v) is 8.50. The van der Waals surface area contributed by atoms with Crippen molar-refractivity contribution in [3.8, 4) is 17.3 Å². The van der Waals surface area contributed by atoms with Crippen LogP contribution in [0.25, 0.3) is 11.3 Å². The highest BCUT2D eigenvalue weighted by molar-refractivity contribution is 6.01. The Morgan fingerprint density at radius 1 is 1.15 bits per heavy atom. The molecular formula is C26H22FN5O. The number of nitrogens with two attached hydrogens (primary N) is 1. The zero-order chi connectivity index (χ0) is 23.1. The standard InChI is InChI=1S/C26H22FN5O/c1-15-11-21-25(22(33)12-15)24(17-9-5-6-10-19(17)27)18(14-28)26(29)32(21)23-13-20(30-31-23)16-7-3-2-4-8-16/h2-10,13,15,24H,11-12,29H2,1H3,(H,30,31). The summed E-state index contributed by atoms with van der Waals surface area (Å²) in [5.41, 5.74) is 9.80. The maximum Gasteiger partial charge on any atom is 0.161 e. The number of carbonyl (C=O) groups excluding carboxylic acids is 1. The number of Topliss-reactive ketones (excluding diaryl/α,β-unsaturated/α-hetero) is 1. The first-order chi connectivity index (χ1) is 16.0. The van der Waals surface area contributed by atoms with E-state index in [4.69, 9.17) is 5.73 Å². The van der Waals surface area contributed by atoms with Crippen molar-refractivity contribution in [3.05, 3.63) is 94.7 Å². The molecule has 0 saturated heterocycles. The summed E-state index contributed by atoms with van der Waals surface area (Å²) in [6.07, 6.45) is 0.908. The molecule has 2 unspecified atom stereocenters. The third-order valence-corrected chi connectivity index (χ3v) is 6.27. The number of rotatable bonds is 3. The largest absolute Gasteiger partial charge is 0.384 e. The number of benzene rings is 2. The van der Waals surface area contributed by atoms with E-state index >= 15 is 0 Å². The highest BCUT2D eigenvalue weighted by Crippen LogP contribution is 2.47. The predicted molar refractivity (Wildman–Crippen MR) is 123 cm³/mol. The number of nitriles is 1. The van der Waals surface area contributed by atoms with Crippen LogP contribution < -0.4 is 10.6 Å². The van der Waals surface area contributed by atoms with Crippen molar-refractivity contribution in [2.24, 2.45) is 11.7 Å². The summed E-state index contributed by atoms with van der Waals surface area (Å²) >= 11 is 0. The number of carbonyl (C=O) groups is 1. The van der Waals surface area contributed by atoms with E-state index in [1.54, 1.807) is 23.1 Å². The van der Waals surface area contributed by atoms with Gasteiger partial charge in [-0.3, -0.25) is 14.8 Å². The SMILES string of the molecule is CC1CC(=O)C2=C(C1)N(c1cc(-c3ccccc3)[nH]n1)C(N)=C(C#N)C2c1ccccc1F. The molecule has 33 heavy (non-hydrogen) atoms. The van der Waals surface area contributed by atoms with Gasteiger partial charge in [0, 0.05) is 29.3 Å². The van der Waals surface area contributed by atoms with Crippen LogP contribution in [0, 0.1) is 23.1 Å². The first-order valence-electron chi connectivity index (χ1n) is 10.8. The third-order valence-electron chi connectivity index (χ3n) is 6.27. The van der Waals surface area contributed by atoms with Gasteiger partial charge in [-0.15, -0.1) is 0 Å². The second-order valence-electron chi connectivity index (χ2n) is 8.50. The van der Waals surface area contributed by atoms with Crippen molar-refractivity contribution in [3.63, 3.8) is 0 Å². The number of H-pyrrole nitrogens is 1. The highest BCUT2D eigenvalue weighted by Gasteiger charge is 2.43. The number of aromatic nitrogens is 2. The Bertz CT molecular complexity index is 1350. The van der Waals surface area contributed by atoms with Crippen LogP contribution in [-0.4, -0.2) is 16.0 Å². The molecule has 0 bridgehead atoms. The Balaban J connectivity index is 1.71. The first kappa shape index (κ1) is 20.7. The maximum absolute atomic E-state index is 14.8.